The minimum Gasteiger partial charge on any atom is -0.496 e. The molecule has 0 radical (unpaired) electrons. The van der Waals surface area contributed by atoms with Crippen LogP contribution in [0.3, 0.4) is 0 Å². The lowest BCUT2D eigenvalue weighted by Crippen LogP contribution is -2.40. The van der Waals surface area contributed by atoms with Crippen LogP contribution in [0.15, 0.2) is 47.3 Å². The Labute approximate surface area is 180 Å². The van der Waals surface area contributed by atoms with Gasteiger partial charge in [0.2, 0.25) is 0 Å². The average molecular weight is 419 g/mol. The molecular weight excluding hydrogens is 394 g/mol. The van der Waals surface area contributed by atoms with E-state index in [1.165, 1.54) is 14.2 Å². The summed E-state index contributed by atoms with van der Waals surface area (Å²) in [5.74, 6) is 1.29. The van der Waals surface area contributed by atoms with E-state index in [0.29, 0.717) is 47.8 Å². The van der Waals surface area contributed by atoms with E-state index >= 15 is 0 Å². The van der Waals surface area contributed by atoms with Crippen molar-refractivity contribution < 1.29 is 14.3 Å². The highest BCUT2D eigenvalue weighted by Gasteiger charge is 2.29. The molecular formula is C24H25N3O4. The molecule has 3 aromatic rings. The smallest absolute Gasteiger partial charge is 0.261 e. The van der Waals surface area contributed by atoms with Crippen LogP contribution in [0, 0.1) is 6.92 Å². The Morgan fingerprint density at radius 3 is 2.48 bits per heavy atom. The number of fused-ring (bicyclic) bond motifs is 1. The molecule has 7 nitrogen and oxygen atoms in total. The minimum atomic E-state index is -0.233. The number of carbonyl (C=O) groups excluding carboxylic acids is 1. The number of nitrogens with zero attached hydrogens (tertiary/aromatic N) is 2. The van der Waals surface area contributed by atoms with Crippen LogP contribution < -0.4 is 15.0 Å². The fourth-order valence-corrected chi connectivity index (χ4v) is 3.94. The third-order valence-electron chi connectivity index (χ3n) is 5.67. The highest BCUT2D eigenvalue weighted by molar-refractivity contribution is 5.99. The molecule has 2 aromatic carbocycles. The quantitative estimate of drug-likeness (QED) is 0.687. The van der Waals surface area contributed by atoms with Crippen LogP contribution in [-0.2, 0) is 19.4 Å². The number of aromatic nitrogens is 2. The number of amides is 1. The van der Waals surface area contributed by atoms with E-state index in [2.05, 4.69) is 4.98 Å². The maximum absolute atomic E-state index is 13.3. The molecule has 31 heavy (non-hydrogen) atoms. The van der Waals surface area contributed by atoms with Crippen LogP contribution >= 0.6 is 0 Å². The van der Waals surface area contributed by atoms with Crippen molar-refractivity contribution in [1.29, 1.82) is 0 Å². The van der Waals surface area contributed by atoms with Crippen molar-refractivity contribution in [3.05, 3.63) is 86.6 Å². The fourth-order valence-electron chi connectivity index (χ4n) is 3.94. The van der Waals surface area contributed by atoms with Gasteiger partial charge in [-0.25, -0.2) is 4.98 Å². The largest absolute Gasteiger partial charge is 0.496 e. The zero-order valence-electron chi connectivity index (χ0n) is 17.9. The highest BCUT2D eigenvalue weighted by atomic mass is 16.5. The number of hydrogen-bond donors (Lipinski definition) is 1. The molecule has 0 aliphatic carbocycles. The van der Waals surface area contributed by atoms with E-state index in [4.69, 9.17) is 14.5 Å². The Kier molecular flexibility index (Phi) is 5.75. The molecule has 1 aromatic heterocycles. The standard InChI is InChI=1S/C24H25N3O4/c1-15-7-4-5-8-16(15)13-21-25-18-11-12-27(14-17(18)23(28)26-21)24(29)22-19(30-2)9-6-10-20(22)31-3/h4-10H,11-14H2,1-3H3,(H,25,26,28). The summed E-state index contributed by atoms with van der Waals surface area (Å²) in [6, 6.07) is 13.3. The number of rotatable bonds is 5. The van der Waals surface area contributed by atoms with Gasteiger partial charge in [0.05, 0.1) is 32.0 Å². The molecule has 0 spiro atoms. The third-order valence-corrected chi connectivity index (χ3v) is 5.67. The van der Waals surface area contributed by atoms with Crippen molar-refractivity contribution in [3.63, 3.8) is 0 Å². The number of hydrogen-bond acceptors (Lipinski definition) is 5. The molecule has 0 atom stereocenters. The van der Waals surface area contributed by atoms with Crippen molar-refractivity contribution in [2.75, 3.05) is 20.8 Å². The molecule has 160 valence electrons. The normalized spacial score (nSPS) is 12.9. The summed E-state index contributed by atoms with van der Waals surface area (Å²) >= 11 is 0. The Hall–Kier alpha value is -3.61. The second-order valence-electron chi connectivity index (χ2n) is 7.56. The fraction of sp³-hybridized carbons (Fsp3) is 0.292. The average Bonchev–Trinajstić information content (AvgIpc) is 2.79. The Morgan fingerprint density at radius 2 is 1.81 bits per heavy atom. The van der Waals surface area contributed by atoms with E-state index in [9.17, 15) is 9.59 Å². The van der Waals surface area contributed by atoms with Crippen molar-refractivity contribution in [2.24, 2.45) is 0 Å². The predicted octanol–water partition coefficient (Wildman–Crippen LogP) is 2.88. The summed E-state index contributed by atoms with van der Waals surface area (Å²) in [7, 11) is 3.03. The lowest BCUT2D eigenvalue weighted by molar-refractivity contribution is 0.0725. The second-order valence-corrected chi connectivity index (χ2v) is 7.56. The van der Waals surface area contributed by atoms with E-state index in [-0.39, 0.29) is 18.0 Å². The lowest BCUT2D eigenvalue weighted by Gasteiger charge is -2.29. The maximum Gasteiger partial charge on any atom is 0.261 e. The van der Waals surface area contributed by atoms with Gasteiger partial charge in [0, 0.05) is 19.4 Å². The molecule has 1 aliphatic rings. The number of benzene rings is 2. The first-order valence-corrected chi connectivity index (χ1v) is 10.2. The summed E-state index contributed by atoms with van der Waals surface area (Å²) in [5.41, 5.74) is 3.73. The number of nitrogens with one attached hydrogen (secondary N) is 1. The van der Waals surface area contributed by atoms with Crippen LogP contribution in [0.1, 0.15) is 38.6 Å². The van der Waals surface area contributed by atoms with Crippen molar-refractivity contribution in [3.8, 4) is 11.5 Å². The molecule has 0 unspecified atom stereocenters. The van der Waals surface area contributed by atoms with E-state index in [1.807, 2.05) is 31.2 Å². The van der Waals surface area contributed by atoms with E-state index in [1.54, 1.807) is 23.1 Å². The highest BCUT2D eigenvalue weighted by Crippen LogP contribution is 2.30. The van der Waals surface area contributed by atoms with Gasteiger partial charge in [-0.3, -0.25) is 9.59 Å². The summed E-state index contributed by atoms with van der Waals surface area (Å²) in [6.45, 7) is 2.71. The van der Waals surface area contributed by atoms with E-state index < -0.39 is 0 Å². The van der Waals surface area contributed by atoms with Gasteiger partial charge in [-0.05, 0) is 30.2 Å². The molecule has 2 heterocycles. The zero-order valence-corrected chi connectivity index (χ0v) is 17.9. The van der Waals surface area contributed by atoms with Gasteiger partial charge in [0.25, 0.3) is 11.5 Å². The van der Waals surface area contributed by atoms with Crippen molar-refractivity contribution >= 4 is 5.91 Å². The molecule has 0 bridgehead atoms. The Balaban J connectivity index is 1.61. The first-order chi connectivity index (χ1) is 15.0. The number of methoxy groups -OCH3 is 2. The maximum atomic E-state index is 13.3. The van der Waals surface area contributed by atoms with Crippen molar-refractivity contribution in [1.82, 2.24) is 14.9 Å². The molecule has 1 amide bonds. The van der Waals surface area contributed by atoms with Gasteiger partial charge < -0.3 is 19.4 Å². The summed E-state index contributed by atoms with van der Waals surface area (Å²) in [4.78, 5) is 35.3. The third kappa shape index (κ3) is 4.03. The van der Waals surface area contributed by atoms with Gasteiger partial charge in [-0.2, -0.15) is 0 Å². The number of carbonyl (C=O) groups is 1. The summed E-state index contributed by atoms with van der Waals surface area (Å²) in [5, 5.41) is 0. The molecule has 0 fully saturated rings. The number of aromatic amines is 1. The second kappa shape index (κ2) is 8.63. The van der Waals surface area contributed by atoms with Gasteiger partial charge >= 0.3 is 0 Å². The molecule has 1 N–H and O–H groups in total. The summed E-state index contributed by atoms with van der Waals surface area (Å²) < 4.78 is 10.7. The van der Waals surface area contributed by atoms with Crippen molar-refractivity contribution in [2.45, 2.75) is 26.3 Å². The first-order valence-electron chi connectivity index (χ1n) is 10.2. The van der Waals surface area contributed by atoms with Crippen LogP contribution in [0.5, 0.6) is 11.5 Å². The predicted molar refractivity (Wildman–Crippen MR) is 117 cm³/mol. The molecule has 7 heteroatoms. The summed E-state index contributed by atoms with van der Waals surface area (Å²) in [6.07, 6.45) is 1.08. The monoisotopic (exact) mass is 419 g/mol. The Bertz CT molecular complexity index is 1160. The SMILES string of the molecule is COc1cccc(OC)c1C(=O)N1CCc2nc(Cc3ccccc3C)[nH]c(=O)c2C1. The van der Waals surface area contributed by atoms with E-state index in [0.717, 1.165) is 16.8 Å². The minimum absolute atomic E-state index is 0.196. The Morgan fingerprint density at radius 1 is 1.10 bits per heavy atom. The molecule has 1 aliphatic heterocycles. The van der Waals surface area contributed by atoms with Gasteiger partial charge in [0.15, 0.2) is 0 Å². The molecule has 0 saturated carbocycles. The topological polar surface area (TPSA) is 84.5 Å². The molecule has 4 rings (SSSR count). The number of aryl methyl sites for hydroxylation is 1. The lowest BCUT2D eigenvalue weighted by atomic mass is 10.0. The van der Waals surface area contributed by atoms with Gasteiger partial charge in [-0.15, -0.1) is 0 Å². The van der Waals surface area contributed by atoms with Crippen LogP contribution in [0.2, 0.25) is 0 Å². The van der Waals surface area contributed by atoms with Crippen LogP contribution in [0.4, 0.5) is 0 Å². The van der Waals surface area contributed by atoms with Gasteiger partial charge in [0.1, 0.15) is 22.9 Å². The zero-order chi connectivity index (χ0) is 22.0. The van der Waals surface area contributed by atoms with Crippen LogP contribution in [0.25, 0.3) is 0 Å². The molecule has 0 saturated heterocycles. The first kappa shape index (κ1) is 20.7. The number of ether oxygens (including phenoxy) is 2. The van der Waals surface area contributed by atoms with Gasteiger partial charge in [-0.1, -0.05) is 30.3 Å². The number of H-pyrrole nitrogens is 1. The van der Waals surface area contributed by atoms with Crippen LogP contribution in [-0.4, -0.2) is 41.5 Å².